The molecule has 1 radical (unpaired) electrons. The van der Waals surface area contributed by atoms with E-state index >= 15 is 0 Å². The molecule has 0 aliphatic heterocycles. The number of rotatable bonds is 4. The molecule has 1 aliphatic rings. The van der Waals surface area contributed by atoms with Crippen LogP contribution in [-0.2, 0) is 0 Å². The molecule has 1 fully saturated rings. The summed E-state index contributed by atoms with van der Waals surface area (Å²) in [4.78, 5) is 8.37. The first-order chi connectivity index (χ1) is 9.35. The van der Waals surface area contributed by atoms with Gasteiger partial charge < -0.3 is 10.6 Å². The molecule has 0 amide bonds. The van der Waals surface area contributed by atoms with Crippen LogP contribution >= 0.6 is 0 Å². The summed E-state index contributed by atoms with van der Waals surface area (Å²) in [5.41, 5.74) is 1.19. The third-order valence-electron chi connectivity index (χ3n) is 3.34. The average molecular weight is 257 g/mol. The summed E-state index contributed by atoms with van der Waals surface area (Å²) < 4.78 is 0. The van der Waals surface area contributed by atoms with Crippen molar-refractivity contribution in [2.24, 2.45) is 0 Å². The number of aromatic amines is 1. The molecule has 1 saturated carbocycles. The molecule has 3 rings (SSSR count). The van der Waals surface area contributed by atoms with E-state index in [1.54, 1.807) is 13.2 Å². The van der Waals surface area contributed by atoms with Crippen LogP contribution in [0.5, 0.6) is 0 Å². The smallest absolute Gasteiger partial charge is 0.224 e. The highest BCUT2D eigenvalue weighted by Crippen LogP contribution is 2.33. The minimum Gasteiger partial charge on any atom is -0.357 e. The third-order valence-corrected chi connectivity index (χ3v) is 3.34. The maximum atomic E-state index is 4.30. The van der Waals surface area contributed by atoms with Gasteiger partial charge in [0, 0.05) is 30.9 Å². The lowest BCUT2D eigenvalue weighted by atomic mass is 10.0. The number of aromatic nitrogens is 4. The Labute approximate surface area is 112 Å². The van der Waals surface area contributed by atoms with Crippen LogP contribution in [0.3, 0.4) is 0 Å². The van der Waals surface area contributed by atoms with Crippen LogP contribution in [0.2, 0.25) is 0 Å². The van der Waals surface area contributed by atoms with E-state index in [0.29, 0.717) is 11.9 Å². The Kier molecular flexibility index (Phi) is 3.31. The minimum atomic E-state index is 0.585. The molecule has 0 unspecified atom stereocenters. The van der Waals surface area contributed by atoms with Gasteiger partial charge in [0.2, 0.25) is 5.95 Å². The Balaban J connectivity index is 1.72. The fourth-order valence-corrected chi connectivity index (χ4v) is 2.33. The first-order valence-electron chi connectivity index (χ1n) is 6.50. The second-order valence-electron chi connectivity index (χ2n) is 4.65. The second-order valence-corrected chi connectivity index (χ2v) is 4.65. The van der Waals surface area contributed by atoms with Crippen LogP contribution in [0, 0.1) is 6.42 Å². The second kappa shape index (κ2) is 5.26. The van der Waals surface area contributed by atoms with E-state index in [1.807, 2.05) is 6.07 Å². The molecule has 19 heavy (non-hydrogen) atoms. The molecule has 1 atom stereocenters. The molecule has 2 heterocycles. The first-order valence-corrected chi connectivity index (χ1v) is 6.50. The third kappa shape index (κ3) is 2.67. The van der Waals surface area contributed by atoms with Crippen molar-refractivity contribution in [3.05, 3.63) is 30.4 Å². The van der Waals surface area contributed by atoms with Gasteiger partial charge in [-0.05, 0) is 31.7 Å². The highest BCUT2D eigenvalue weighted by atomic mass is 15.2. The van der Waals surface area contributed by atoms with Crippen molar-refractivity contribution in [3.8, 4) is 0 Å². The van der Waals surface area contributed by atoms with Crippen molar-refractivity contribution >= 4 is 17.6 Å². The van der Waals surface area contributed by atoms with Gasteiger partial charge in [0.15, 0.2) is 5.82 Å². The molecule has 6 heteroatoms. The monoisotopic (exact) mass is 257 g/mol. The van der Waals surface area contributed by atoms with E-state index in [9.17, 15) is 0 Å². The Morgan fingerprint density at radius 3 is 3.11 bits per heavy atom. The van der Waals surface area contributed by atoms with E-state index in [-0.39, 0.29) is 0 Å². The summed E-state index contributed by atoms with van der Waals surface area (Å²) >= 11 is 0. The maximum absolute atomic E-state index is 4.30. The van der Waals surface area contributed by atoms with Gasteiger partial charge in [0.1, 0.15) is 5.82 Å². The maximum Gasteiger partial charge on any atom is 0.224 e. The van der Waals surface area contributed by atoms with E-state index in [4.69, 9.17) is 0 Å². The predicted octanol–water partition coefficient (Wildman–Crippen LogP) is 2.46. The molecule has 0 spiro atoms. The molecule has 2 aromatic rings. The van der Waals surface area contributed by atoms with Crippen molar-refractivity contribution in [2.75, 3.05) is 17.7 Å². The predicted molar refractivity (Wildman–Crippen MR) is 74.3 cm³/mol. The molecule has 99 valence electrons. The molecule has 0 aromatic carbocycles. The van der Waals surface area contributed by atoms with Gasteiger partial charge in [-0.1, -0.05) is 0 Å². The van der Waals surface area contributed by atoms with Gasteiger partial charge in [-0.25, -0.2) is 4.98 Å². The highest BCUT2D eigenvalue weighted by Gasteiger charge is 2.19. The van der Waals surface area contributed by atoms with Crippen LogP contribution < -0.4 is 10.6 Å². The minimum absolute atomic E-state index is 0.585. The SMILES string of the molecule is CNc1nccc(Nc2cc([C@H]3C[CH]CC3)[nH]n2)n1. The molecule has 3 N–H and O–H groups in total. The number of anilines is 3. The van der Waals surface area contributed by atoms with Gasteiger partial charge in [0.25, 0.3) is 0 Å². The summed E-state index contributed by atoms with van der Waals surface area (Å²) in [6.07, 6.45) is 7.59. The summed E-state index contributed by atoms with van der Waals surface area (Å²) in [5, 5.41) is 13.5. The van der Waals surface area contributed by atoms with Crippen molar-refractivity contribution in [2.45, 2.75) is 25.2 Å². The van der Waals surface area contributed by atoms with Crippen LogP contribution in [0.1, 0.15) is 30.9 Å². The Hall–Kier alpha value is -2.11. The Morgan fingerprint density at radius 2 is 2.32 bits per heavy atom. The lowest BCUT2D eigenvalue weighted by Gasteiger charge is -2.04. The number of nitrogens with zero attached hydrogens (tertiary/aromatic N) is 3. The zero-order valence-electron chi connectivity index (χ0n) is 10.8. The standard InChI is InChI=1S/C13H17N6/c1-14-13-15-7-6-11(17-13)16-12-8-10(18-19-12)9-4-2-3-5-9/h2,6-9H,3-5H2,1H3,(H3,14,15,16,17,18,19)/t9-/m0/s1. The fourth-order valence-electron chi connectivity index (χ4n) is 2.33. The van der Waals surface area contributed by atoms with E-state index in [1.165, 1.54) is 18.5 Å². The van der Waals surface area contributed by atoms with Gasteiger partial charge in [0.05, 0.1) is 0 Å². The van der Waals surface area contributed by atoms with Gasteiger partial charge in [-0.3, -0.25) is 5.10 Å². The van der Waals surface area contributed by atoms with Crippen LogP contribution in [0.15, 0.2) is 18.3 Å². The summed E-state index contributed by atoms with van der Waals surface area (Å²) in [6, 6.07) is 3.88. The van der Waals surface area contributed by atoms with Crippen molar-refractivity contribution in [1.82, 2.24) is 20.2 Å². The number of hydrogen-bond donors (Lipinski definition) is 3. The zero-order chi connectivity index (χ0) is 13.1. The van der Waals surface area contributed by atoms with Crippen LogP contribution in [0.25, 0.3) is 0 Å². The summed E-state index contributed by atoms with van der Waals surface area (Å²) in [6.45, 7) is 0. The molecular formula is C13H17N6. The van der Waals surface area contributed by atoms with E-state index in [2.05, 4.69) is 43.3 Å². The number of H-pyrrole nitrogens is 1. The lowest BCUT2D eigenvalue weighted by Crippen LogP contribution is -1.99. The van der Waals surface area contributed by atoms with Crippen molar-refractivity contribution in [1.29, 1.82) is 0 Å². The largest absolute Gasteiger partial charge is 0.357 e. The molecular weight excluding hydrogens is 240 g/mol. The normalized spacial score (nSPS) is 15.6. The van der Waals surface area contributed by atoms with E-state index in [0.717, 1.165) is 18.1 Å². The van der Waals surface area contributed by atoms with Gasteiger partial charge in [-0.15, -0.1) is 0 Å². The quantitative estimate of drug-likeness (QED) is 0.784. The molecule has 0 bridgehead atoms. The first kappa shape index (κ1) is 12.0. The van der Waals surface area contributed by atoms with E-state index < -0.39 is 0 Å². The van der Waals surface area contributed by atoms with Crippen molar-refractivity contribution < 1.29 is 0 Å². The Morgan fingerprint density at radius 1 is 1.37 bits per heavy atom. The molecule has 0 saturated heterocycles. The number of nitrogens with one attached hydrogen (secondary N) is 3. The molecule has 6 nitrogen and oxygen atoms in total. The molecule has 1 aliphatic carbocycles. The van der Waals surface area contributed by atoms with Crippen LogP contribution in [-0.4, -0.2) is 27.2 Å². The van der Waals surface area contributed by atoms with Crippen LogP contribution in [0.4, 0.5) is 17.6 Å². The van der Waals surface area contributed by atoms with Crippen molar-refractivity contribution in [3.63, 3.8) is 0 Å². The van der Waals surface area contributed by atoms with Gasteiger partial charge in [-0.2, -0.15) is 10.1 Å². The molecule has 2 aromatic heterocycles. The highest BCUT2D eigenvalue weighted by molar-refractivity contribution is 5.53. The topological polar surface area (TPSA) is 78.5 Å². The lowest BCUT2D eigenvalue weighted by molar-refractivity contribution is 0.699. The summed E-state index contributed by atoms with van der Waals surface area (Å²) in [7, 11) is 1.79. The fraction of sp³-hybridized carbons (Fsp3) is 0.385. The Bertz CT molecular complexity index is 544. The van der Waals surface area contributed by atoms with Gasteiger partial charge >= 0.3 is 0 Å². The number of hydrogen-bond acceptors (Lipinski definition) is 5. The summed E-state index contributed by atoms with van der Waals surface area (Å²) in [5.74, 6) is 2.70. The average Bonchev–Trinajstić information content (AvgIpc) is 3.09. The zero-order valence-corrected chi connectivity index (χ0v) is 10.8.